The molecule has 1 fully saturated rings. The van der Waals surface area contributed by atoms with E-state index in [9.17, 15) is 18.5 Å². The Bertz CT molecular complexity index is 626. The Morgan fingerprint density at radius 2 is 2.15 bits per heavy atom. The van der Waals surface area contributed by atoms with E-state index >= 15 is 0 Å². The number of nitrogens with one attached hydrogen (secondary N) is 1. The first-order valence-corrected chi connectivity index (χ1v) is 7.83. The molecule has 1 aliphatic rings. The third kappa shape index (κ3) is 3.26. The van der Waals surface area contributed by atoms with Gasteiger partial charge in [0.05, 0.1) is 10.6 Å². The molecule has 8 heteroatoms. The van der Waals surface area contributed by atoms with Crippen LogP contribution in [0.2, 0.25) is 0 Å². The van der Waals surface area contributed by atoms with Crippen LogP contribution in [0.4, 0.5) is 11.4 Å². The van der Waals surface area contributed by atoms with Crippen LogP contribution in [-0.2, 0) is 10.0 Å². The van der Waals surface area contributed by atoms with Gasteiger partial charge >= 0.3 is 0 Å². The average molecular weight is 299 g/mol. The van der Waals surface area contributed by atoms with Crippen molar-refractivity contribution in [1.82, 2.24) is 4.72 Å². The van der Waals surface area contributed by atoms with Crippen LogP contribution in [0.3, 0.4) is 0 Å². The van der Waals surface area contributed by atoms with Crippen molar-refractivity contribution in [3.05, 3.63) is 28.3 Å². The minimum Gasteiger partial charge on any atom is -0.398 e. The van der Waals surface area contributed by atoms with E-state index < -0.39 is 14.9 Å². The lowest BCUT2D eigenvalue weighted by atomic mass is 10.1. The van der Waals surface area contributed by atoms with Crippen molar-refractivity contribution in [3.8, 4) is 0 Å². The number of nitro groups is 1. The molecule has 1 aromatic rings. The van der Waals surface area contributed by atoms with E-state index in [1.807, 2.05) is 6.92 Å². The van der Waals surface area contributed by atoms with Gasteiger partial charge in [-0.15, -0.1) is 0 Å². The van der Waals surface area contributed by atoms with Crippen molar-refractivity contribution in [2.45, 2.75) is 24.7 Å². The van der Waals surface area contributed by atoms with Gasteiger partial charge in [-0.05, 0) is 30.7 Å². The zero-order chi connectivity index (χ0) is 14.9. The summed E-state index contributed by atoms with van der Waals surface area (Å²) >= 11 is 0. The van der Waals surface area contributed by atoms with Gasteiger partial charge in [0.1, 0.15) is 4.90 Å². The number of nitro benzene ring substituents is 1. The van der Waals surface area contributed by atoms with Crippen molar-refractivity contribution < 1.29 is 13.3 Å². The van der Waals surface area contributed by atoms with Gasteiger partial charge in [-0.3, -0.25) is 10.1 Å². The van der Waals surface area contributed by atoms with E-state index in [1.165, 1.54) is 12.1 Å². The normalized spacial score (nSPS) is 16.9. The quantitative estimate of drug-likeness (QED) is 0.469. The van der Waals surface area contributed by atoms with E-state index in [0.717, 1.165) is 18.9 Å². The molecule has 1 unspecified atom stereocenters. The summed E-state index contributed by atoms with van der Waals surface area (Å²) in [5.74, 6) is 0.824. The minimum absolute atomic E-state index is 0.00201. The second-order valence-electron chi connectivity index (χ2n) is 5.15. The Morgan fingerprint density at radius 3 is 2.70 bits per heavy atom. The molecule has 1 saturated carbocycles. The Balaban J connectivity index is 2.19. The monoisotopic (exact) mass is 299 g/mol. The van der Waals surface area contributed by atoms with Gasteiger partial charge in [-0.25, -0.2) is 13.1 Å². The predicted molar refractivity (Wildman–Crippen MR) is 74.6 cm³/mol. The summed E-state index contributed by atoms with van der Waals surface area (Å²) in [7, 11) is -3.83. The van der Waals surface area contributed by atoms with E-state index in [2.05, 4.69) is 4.72 Å². The van der Waals surface area contributed by atoms with E-state index in [-0.39, 0.29) is 22.2 Å². The summed E-state index contributed by atoms with van der Waals surface area (Å²) in [6.45, 7) is 2.30. The van der Waals surface area contributed by atoms with E-state index in [0.29, 0.717) is 12.5 Å². The van der Waals surface area contributed by atoms with Crippen molar-refractivity contribution in [2.24, 2.45) is 11.8 Å². The second-order valence-corrected chi connectivity index (χ2v) is 6.88. The third-order valence-electron chi connectivity index (χ3n) is 3.52. The lowest BCUT2D eigenvalue weighted by molar-refractivity contribution is -0.385. The first-order chi connectivity index (χ1) is 9.31. The SMILES string of the molecule is CC(CNS(=O)(=O)c1cc([N+](=O)[O-])ccc1N)C1CC1. The molecule has 3 N–H and O–H groups in total. The van der Waals surface area contributed by atoms with Gasteiger partial charge in [-0.2, -0.15) is 0 Å². The predicted octanol–water partition coefficient (Wildman–Crippen LogP) is 1.50. The fourth-order valence-electron chi connectivity index (χ4n) is 2.02. The van der Waals surface area contributed by atoms with Gasteiger partial charge < -0.3 is 5.73 Å². The number of non-ortho nitro benzene ring substituents is 1. The highest BCUT2D eigenvalue weighted by Gasteiger charge is 2.29. The standard InChI is InChI=1S/C12H17N3O4S/c1-8(9-2-3-9)7-14-20(18,19)12-6-10(15(16)17)4-5-11(12)13/h4-6,8-9,14H,2-3,7,13H2,1H3. The molecule has 0 radical (unpaired) electrons. The Hall–Kier alpha value is -1.67. The maximum absolute atomic E-state index is 12.2. The number of rotatable bonds is 6. The highest BCUT2D eigenvalue weighted by atomic mass is 32.2. The van der Waals surface area contributed by atoms with Gasteiger partial charge in [-0.1, -0.05) is 6.92 Å². The summed E-state index contributed by atoms with van der Waals surface area (Å²) in [6, 6.07) is 3.40. The number of nitrogens with two attached hydrogens (primary N) is 1. The van der Waals surface area contributed by atoms with Gasteiger partial charge in [0.25, 0.3) is 5.69 Å². The number of sulfonamides is 1. The first-order valence-electron chi connectivity index (χ1n) is 6.35. The van der Waals surface area contributed by atoms with Gasteiger partial charge in [0, 0.05) is 18.7 Å². The molecule has 0 bridgehead atoms. The molecule has 0 amide bonds. The van der Waals surface area contributed by atoms with Crippen LogP contribution in [0, 0.1) is 22.0 Å². The van der Waals surface area contributed by atoms with Crippen LogP contribution in [0.5, 0.6) is 0 Å². The number of nitrogen functional groups attached to an aromatic ring is 1. The minimum atomic E-state index is -3.83. The number of anilines is 1. The molecule has 0 saturated heterocycles. The summed E-state index contributed by atoms with van der Waals surface area (Å²) in [5, 5.41) is 10.7. The molecule has 0 heterocycles. The lowest BCUT2D eigenvalue weighted by Gasteiger charge is -2.13. The average Bonchev–Trinajstić information content (AvgIpc) is 3.20. The van der Waals surface area contributed by atoms with Crippen LogP contribution in [0.15, 0.2) is 23.1 Å². The van der Waals surface area contributed by atoms with Crippen molar-refractivity contribution >= 4 is 21.4 Å². The topological polar surface area (TPSA) is 115 Å². The molecule has 2 rings (SSSR count). The van der Waals surface area contributed by atoms with Gasteiger partial charge in [0.15, 0.2) is 0 Å². The van der Waals surface area contributed by atoms with Crippen LogP contribution in [0.25, 0.3) is 0 Å². The molecule has 0 spiro atoms. The van der Waals surface area contributed by atoms with Crippen LogP contribution in [-0.4, -0.2) is 19.9 Å². The first kappa shape index (κ1) is 14.7. The summed E-state index contributed by atoms with van der Waals surface area (Å²) < 4.78 is 26.8. The van der Waals surface area contributed by atoms with Crippen LogP contribution in [0.1, 0.15) is 19.8 Å². The Morgan fingerprint density at radius 1 is 1.50 bits per heavy atom. The fourth-order valence-corrected chi connectivity index (χ4v) is 3.31. The summed E-state index contributed by atoms with van der Waals surface area (Å²) in [5.41, 5.74) is 5.32. The molecule has 0 aromatic heterocycles. The molecule has 110 valence electrons. The largest absolute Gasteiger partial charge is 0.398 e. The number of benzene rings is 1. The van der Waals surface area contributed by atoms with Crippen molar-refractivity contribution in [2.75, 3.05) is 12.3 Å². The van der Waals surface area contributed by atoms with E-state index in [1.54, 1.807) is 0 Å². The molecule has 1 atom stereocenters. The molecule has 7 nitrogen and oxygen atoms in total. The van der Waals surface area contributed by atoms with Crippen LogP contribution < -0.4 is 10.5 Å². The number of hydrogen-bond donors (Lipinski definition) is 2. The molecule has 1 aliphatic carbocycles. The molecule has 0 aliphatic heterocycles. The molecule has 1 aromatic carbocycles. The zero-order valence-corrected chi connectivity index (χ0v) is 11.9. The maximum Gasteiger partial charge on any atom is 0.270 e. The van der Waals surface area contributed by atoms with Gasteiger partial charge in [0.2, 0.25) is 10.0 Å². The van der Waals surface area contributed by atoms with Crippen molar-refractivity contribution in [1.29, 1.82) is 0 Å². The van der Waals surface area contributed by atoms with Crippen LogP contribution >= 0.6 is 0 Å². The molecule has 20 heavy (non-hydrogen) atoms. The summed E-state index contributed by atoms with van der Waals surface area (Å²) in [6.07, 6.45) is 2.25. The summed E-state index contributed by atoms with van der Waals surface area (Å²) in [4.78, 5) is 9.82. The van der Waals surface area contributed by atoms with Crippen molar-refractivity contribution in [3.63, 3.8) is 0 Å². The lowest BCUT2D eigenvalue weighted by Crippen LogP contribution is -2.29. The zero-order valence-electron chi connectivity index (χ0n) is 11.1. The third-order valence-corrected chi connectivity index (χ3v) is 5.00. The number of hydrogen-bond acceptors (Lipinski definition) is 5. The molecular formula is C12H17N3O4S. The maximum atomic E-state index is 12.2. The highest BCUT2D eigenvalue weighted by Crippen LogP contribution is 2.36. The highest BCUT2D eigenvalue weighted by molar-refractivity contribution is 7.89. The van der Waals surface area contributed by atoms with E-state index in [4.69, 9.17) is 5.73 Å². The number of nitrogens with zero attached hydrogens (tertiary/aromatic N) is 1. The second kappa shape index (κ2) is 5.37. The molecular weight excluding hydrogens is 282 g/mol. The smallest absolute Gasteiger partial charge is 0.270 e. The Kier molecular flexibility index (Phi) is 3.96. The Labute approximate surface area is 117 Å². The fraction of sp³-hybridized carbons (Fsp3) is 0.500.